The van der Waals surface area contributed by atoms with Crippen molar-refractivity contribution in [2.24, 2.45) is 0 Å². The predicted molar refractivity (Wildman–Crippen MR) is 127 cm³/mol. The molecule has 0 aliphatic heterocycles. The second kappa shape index (κ2) is 11.0. The molecule has 8 heteroatoms. The van der Waals surface area contributed by atoms with Crippen LogP contribution in [0.4, 0.5) is 4.79 Å². The van der Waals surface area contributed by atoms with Gasteiger partial charge in [0, 0.05) is 32.1 Å². The van der Waals surface area contributed by atoms with E-state index in [1.807, 2.05) is 36.4 Å². The standard InChI is InChI=1S/C26H30N2O6/c1-26(2,33-3)15-22(24(31)27-14-8-13-23(29)30)28-25(32)34-16-21-19-11-6-4-9-17(19)18-10-5-7-12-20(18)21/h4-13,21-22H,14-16H2,1-3H3,(H,27,31)(H,28,32)(H,29,30)/b13-8+. The normalized spacial score (nSPS) is 13.7. The molecule has 0 heterocycles. The number of methoxy groups -OCH3 is 1. The summed E-state index contributed by atoms with van der Waals surface area (Å²) in [4.78, 5) is 36.0. The van der Waals surface area contributed by atoms with Crippen LogP contribution in [0.5, 0.6) is 0 Å². The van der Waals surface area contributed by atoms with Gasteiger partial charge in [0.05, 0.1) is 5.60 Å². The van der Waals surface area contributed by atoms with Crippen molar-refractivity contribution in [1.82, 2.24) is 10.6 Å². The van der Waals surface area contributed by atoms with Crippen LogP contribution in [0.2, 0.25) is 0 Å². The van der Waals surface area contributed by atoms with E-state index in [4.69, 9.17) is 14.6 Å². The lowest BCUT2D eigenvalue weighted by molar-refractivity contribution is -0.131. The molecule has 8 nitrogen and oxygen atoms in total. The Morgan fingerprint density at radius 1 is 1.06 bits per heavy atom. The Kier molecular flexibility index (Phi) is 8.07. The quantitative estimate of drug-likeness (QED) is 0.462. The monoisotopic (exact) mass is 466 g/mol. The third-order valence-corrected chi connectivity index (χ3v) is 5.86. The molecule has 0 fully saturated rings. The number of carboxylic acid groups (broad SMARTS) is 1. The largest absolute Gasteiger partial charge is 0.478 e. The summed E-state index contributed by atoms with van der Waals surface area (Å²) in [6.45, 7) is 3.75. The van der Waals surface area contributed by atoms with Crippen molar-refractivity contribution < 1.29 is 29.0 Å². The molecule has 2 aromatic rings. The minimum atomic E-state index is -1.11. The van der Waals surface area contributed by atoms with Crippen LogP contribution in [0.15, 0.2) is 60.7 Å². The van der Waals surface area contributed by atoms with E-state index in [1.165, 1.54) is 13.2 Å². The Morgan fingerprint density at radius 2 is 1.65 bits per heavy atom. The Labute approximate surface area is 199 Å². The summed E-state index contributed by atoms with van der Waals surface area (Å²) < 4.78 is 11.0. The molecule has 3 rings (SSSR count). The minimum Gasteiger partial charge on any atom is -0.478 e. The van der Waals surface area contributed by atoms with Gasteiger partial charge in [0.15, 0.2) is 0 Å². The second-order valence-electron chi connectivity index (χ2n) is 8.68. The number of nitrogens with one attached hydrogen (secondary N) is 2. The number of hydrogen-bond donors (Lipinski definition) is 3. The molecule has 0 bridgehead atoms. The average Bonchev–Trinajstić information content (AvgIpc) is 3.13. The lowest BCUT2D eigenvalue weighted by Gasteiger charge is -2.28. The number of aliphatic carboxylic acids is 1. The number of alkyl carbamates (subject to hydrolysis) is 1. The maximum absolute atomic E-state index is 12.7. The van der Waals surface area contributed by atoms with Crippen molar-refractivity contribution in [3.8, 4) is 11.1 Å². The topological polar surface area (TPSA) is 114 Å². The summed E-state index contributed by atoms with van der Waals surface area (Å²) in [5, 5.41) is 13.9. The highest BCUT2D eigenvalue weighted by Gasteiger charge is 2.32. The van der Waals surface area contributed by atoms with Gasteiger partial charge in [0.1, 0.15) is 12.6 Å². The van der Waals surface area contributed by atoms with E-state index >= 15 is 0 Å². The number of rotatable bonds is 10. The summed E-state index contributed by atoms with van der Waals surface area (Å²) in [5.74, 6) is -1.67. The molecular weight excluding hydrogens is 436 g/mol. The fraction of sp³-hybridized carbons (Fsp3) is 0.346. The van der Waals surface area contributed by atoms with Crippen LogP contribution in [0, 0.1) is 0 Å². The van der Waals surface area contributed by atoms with Crippen LogP contribution in [-0.2, 0) is 19.1 Å². The molecule has 0 saturated heterocycles. The Morgan fingerprint density at radius 3 is 2.21 bits per heavy atom. The lowest BCUT2D eigenvalue weighted by atomic mass is 9.98. The van der Waals surface area contributed by atoms with Gasteiger partial charge in [-0.25, -0.2) is 9.59 Å². The third kappa shape index (κ3) is 6.23. The molecule has 2 amide bonds. The molecule has 0 spiro atoms. The molecule has 34 heavy (non-hydrogen) atoms. The molecule has 0 aromatic heterocycles. The lowest BCUT2D eigenvalue weighted by Crippen LogP contribution is -2.50. The van der Waals surface area contributed by atoms with E-state index < -0.39 is 29.6 Å². The number of fused-ring (bicyclic) bond motifs is 3. The number of ether oxygens (including phenoxy) is 2. The number of hydrogen-bond acceptors (Lipinski definition) is 5. The van der Waals surface area contributed by atoms with Crippen LogP contribution >= 0.6 is 0 Å². The maximum atomic E-state index is 12.7. The maximum Gasteiger partial charge on any atom is 0.407 e. The van der Waals surface area contributed by atoms with Crippen molar-refractivity contribution in [2.45, 2.75) is 37.8 Å². The zero-order chi connectivity index (χ0) is 24.7. The van der Waals surface area contributed by atoms with Gasteiger partial charge >= 0.3 is 12.1 Å². The molecule has 1 aliphatic carbocycles. The van der Waals surface area contributed by atoms with Gasteiger partial charge in [-0.1, -0.05) is 54.6 Å². The molecular formula is C26H30N2O6. The molecule has 1 atom stereocenters. The summed E-state index contributed by atoms with van der Waals surface area (Å²) in [6, 6.07) is 15.1. The first-order valence-electron chi connectivity index (χ1n) is 11.1. The van der Waals surface area contributed by atoms with E-state index in [1.54, 1.807) is 13.8 Å². The summed E-state index contributed by atoms with van der Waals surface area (Å²) >= 11 is 0. The summed E-state index contributed by atoms with van der Waals surface area (Å²) in [6.07, 6.45) is 1.73. The van der Waals surface area contributed by atoms with Gasteiger partial charge in [0.25, 0.3) is 0 Å². The van der Waals surface area contributed by atoms with Crippen LogP contribution in [-0.4, -0.2) is 55.0 Å². The van der Waals surface area contributed by atoms with Crippen LogP contribution in [0.3, 0.4) is 0 Å². The third-order valence-electron chi connectivity index (χ3n) is 5.86. The van der Waals surface area contributed by atoms with Crippen LogP contribution < -0.4 is 10.6 Å². The van der Waals surface area contributed by atoms with Crippen LogP contribution in [0.1, 0.15) is 37.3 Å². The van der Waals surface area contributed by atoms with Crippen molar-refractivity contribution in [1.29, 1.82) is 0 Å². The molecule has 180 valence electrons. The number of carbonyl (C=O) groups excluding carboxylic acids is 2. The van der Waals surface area contributed by atoms with Gasteiger partial charge in [-0.05, 0) is 36.1 Å². The van der Waals surface area contributed by atoms with Gasteiger partial charge in [-0.15, -0.1) is 0 Å². The number of benzene rings is 2. The molecule has 1 unspecified atom stereocenters. The highest BCUT2D eigenvalue weighted by molar-refractivity contribution is 5.86. The van der Waals surface area contributed by atoms with Gasteiger partial charge < -0.3 is 25.2 Å². The second-order valence-corrected chi connectivity index (χ2v) is 8.68. The van der Waals surface area contributed by atoms with E-state index in [0.717, 1.165) is 28.3 Å². The molecule has 0 saturated carbocycles. The van der Waals surface area contributed by atoms with Crippen LogP contribution in [0.25, 0.3) is 11.1 Å². The van der Waals surface area contributed by atoms with Crippen molar-refractivity contribution in [2.75, 3.05) is 20.3 Å². The first-order valence-corrected chi connectivity index (χ1v) is 11.1. The number of carbonyl (C=O) groups is 3. The molecule has 3 N–H and O–H groups in total. The predicted octanol–water partition coefficient (Wildman–Crippen LogP) is 3.47. The highest BCUT2D eigenvalue weighted by Crippen LogP contribution is 2.44. The van der Waals surface area contributed by atoms with E-state index in [-0.39, 0.29) is 25.5 Å². The summed E-state index contributed by atoms with van der Waals surface area (Å²) in [5.41, 5.74) is 3.75. The summed E-state index contributed by atoms with van der Waals surface area (Å²) in [7, 11) is 1.53. The molecule has 2 aromatic carbocycles. The van der Waals surface area contributed by atoms with Crippen molar-refractivity contribution in [3.05, 3.63) is 71.8 Å². The van der Waals surface area contributed by atoms with Gasteiger partial charge in [0.2, 0.25) is 5.91 Å². The molecule has 1 aliphatic rings. The zero-order valence-electron chi connectivity index (χ0n) is 19.5. The Bertz CT molecular complexity index is 1030. The first-order chi connectivity index (χ1) is 16.2. The SMILES string of the molecule is COC(C)(C)CC(NC(=O)OCC1c2ccccc2-c2ccccc21)C(=O)NC/C=C/C(=O)O. The zero-order valence-corrected chi connectivity index (χ0v) is 19.5. The number of amides is 2. The number of carboxylic acids is 1. The van der Waals surface area contributed by atoms with E-state index in [0.29, 0.717) is 0 Å². The Balaban J connectivity index is 1.66. The van der Waals surface area contributed by atoms with E-state index in [9.17, 15) is 14.4 Å². The Hall–Kier alpha value is -3.65. The first kappa shape index (κ1) is 25.0. The molecule has 0 radical (unpaired) electrons. The van der Waals surface area contributed by atoms with Gasteiger partial charge in [-0.3, -0.25) is 4.79 Å². The fourth-order valence-electron chi connectivity index (χ4n) is 4.01. The van der Waals surface area contributed by atoms with Crippen molar-refractivity contribution >= 4 is 18.0 Å². The van der Waals surface area contributed by atoms with Crippen molar-refractivity contribution in [3.63, 3.8) is 0 Å². The average molecular weight is 467 g/mol. The minimum absolute atomic E-state index is 0.0153. The fourth-order valence-corrected chi connectivity index (χ4v) is 4.01. The highest BCUT2D eigenvalue weighted by atomic mass is 16.5. The smallest absolute Gasteiger partial charge is 0.407 e. The van der Waals surface area contributed by atoms with E-state index in [2.05, 4.69) is 22.8 Å². The van der Waals surface area contributed by atoms with Gasteiger partial charge in [-0.2, -0.15) is 0 Å².